The maximum Gasteiger partial charge on any atom is 0.222 e. The molecule has 1 atom stereocenters. The summed E-state index contributed by atoms with van der Waals surface area (Å²) in [4.78, 5) is 9.13. The molecule has 1 unspecified atom stereocenters. The molecule has 1 aromatic rings. The Kier molecular flexibility index (Phi) is 7.48. The molecule has 0 radical (unpaired) electrons. The highest BCUT2D eigenvalue weighted by atomic mass is 16.5. The number of aromatic nitrogens is 2. The molecule has 0 amide bonds. The lowest BCUT2D eigenvalue weighted by atomic mass is 10.1. The first-order valence-electron chi connectivity index (χ1n) is 8.22. The third-order valence-corrected chi connectivity index (χ3v) is 3.65. The highest BCUT2D eigenvalue weighted by Crippen LogP contribution is 2.26. The number of ether oxygens (including phenoxy) is 1. The zero-order chi connectivity index (χ0) is 15.8. The zero-order valence-electron chi connectivity index (χ0n) is 14.5. The molecule has 0 aliphatic rings. The summed E-state index contributed by atoms with van der Waals surface area (Å²) in [5.41, 5.74) is 0.988. The number of unbranched alkanes of at least 4 members (excludes halogenated alkanes) is 3. The van der Waals surface area contributed by atoms with Crippen LogP contribution in [0.5, 0.6) is 5.88 Å². The second-order valence-electron chi connectivity index (χ2n) is 6.04. The lowest BCUT2D eigenvalue weighted by Gasteiger charge is -2.18. The Morgan fingerprint density at radius 2 is 1.81 bits per heavy atom. The van der Waals surface area contributed by atoms with E-state index < -0.39 is 0 Å². The van der Waals surface area contributed by atoms with Gasteiger partial charge in [-0.05, 0) is 26.7 Å². The Labute approximate surface area is 129 Å². The summed E-state index contributed by atoms with van der Waals surface area (Å²) in [6.07, 6.45) is 6.35. The van der Waals surface area contributed by atoms with Crippen molar-refractivity contribution in [3.8, 4) is 5.88 Å². The van der Waals surface area contributed by atoms with Crippen LogP contribution in [0.2, 0.25) is 0 Å². The molecule has 0 aliphatic heterocycles. The van der Waals surface area contributed by atoms with Gasteiger partial charge in [-0.25, -0.2) is 4.98 Å². The number of hydrogen-bond donors (Lipinski definition) is 1. The Hall–Kier alpha value is -1.32. The van der Waals surface area contributed by atoms with Crippen LogP contribution in [-0.2, 0) is 0 Å². The molecule has 0 aromatic carbocycles. The quantitative estimate of drug-likeness (QED) is 0.671. The van der Waals surface area contributed by atoms with E-state index in [1.54, 1.807) is 0 Å². The fourth-order valence-electron chi connectivity index (χ4n) is 2.24. The molecule has 0 bridgehead atoms. The van der Waals surface area contributed by atoms with Gasteiger partial charge in [0.1, 0.15) is 11.6 Å². The fraction of sp³-hybridized carbons (Fsp3) is 0.765. The van der Waals surface area contributed by atoms with Crippen LogP contribution in [0.1, 0.15) is 77.1 Å². The summed E-state index contributed by atoms with van der Waals surface area (Å²) in [6.45, 7) is 10.6. The number of nitrogens with one attached hydrogen (secondary N) is 1. The van der Waals surface area contributed by atoms with Gasteiger partial charge < -0.3 is 10.1 Å². The van der Waals surface area contributed by atoms with Crippen LogP contribution in [0.3, 0.4) is 0 Å². The fourth-order valence-corrected chi connectivity index (χ4v) is 2.24. The van der Waals surface area contributed by atoms with Gasteiger partial charge in [0.05, 0.1) is 11.7 Å². The molecular weight excluding hydrogens is 262 g/mol. The van der Waals surface area contributed by atoms with Crippen molar-refractivity contribution < 1.29 is 4.74 Å². The molecule has 21 heavy (non-hydrogen) atoms. The van der Waals surface area contributed by atoms with Crippen molar-refractivity contribution >= 4 is 5.82 Å². The van der Waals surface area contributed by atoms with Gasteiger partial charge in [0.2, 0.25) is 5.88 Å². The van der Waals surface area contributed by atoms with Gasteiger partial charge in [-0.2, -0.15) is 4.98 Å². The van der Waals surface area contributed by atoms with Crippen LogP contribution in [0, 0.1) is 6.92 Å². The van der Waals surface area contributed by atoms with Gasteiger partial charge in [0.25, 0.3) is 0 Å². The van der Waals surface area contributed by atoms with Gasteiger partial charge in [-0.3, -0.25) is 0 Å². The summed E-state index contributed by atoms with van der Waals surface area (Å²) in [6, 6.07) is 0. The van der Waals surface area contributed by atoms with Crippen LogP contribution in [-0.4, -0.2) is 23.1 Å². The largest absolute Gasteiger partial charge is 0.474 e. The summed E-state index contributed by atoms with van der Waals surface area (Å²) < 4.78 is 6.07. The molecule has 0 aliphatic carbocycles. The summed E-state index contributed by atoms with van der Waals surface area (Å²) >= 11 is 0. The van der Waals surface area contributed by atoms with Crippen molar-refractivity contribution in [1.29, 1.82) is 0 Å². The van der Waals surface area contributed by atoms with E-state index >= 15 is 0 Å². The second kappa shape index (κ2) is 8.85. The second-order valence-corrected chi connectivity index (χ2v) is 6.04. The highest BCUT2D eigenvalue weighted by molar-refractivity contribution is 5.48. The molecule has 0 fully saturated rings. The highest BCUT2D eigenvalue weighted by Gasteiger charge is 2.15. The predicted octanol–water partition coefficient (Wildman–Crippen LogP) is 4.69. The zero-order valence-corrected chi connectivity index (χ0v) is 14.5. The van der Waals surface area contributed by atoms with Gasteiger partial charge >= 0.3 is 0 Å². The summed E-state index contributed by atoms with van der Waals surface area (Å²) in [5, 5.41) is 3.13. The van der Waals surface area contributed by atoms with E-state index in [-0.39, 0.29) is 6.10 Å². The molecule has 4 nitrogen and oxygen atoms in total. The van der Waals surface area contributed by atoms with Crippen LogP contribution in [0.4, 0.5) is 5.82 Å². The summed E-state index contributed by atoms with van der Waals surface area (Å²) in [7, 11) is 1.89. The minimum atomic E-state index is 0.195. The Balaban J connectivity index is 2.74. The first-order valence-corrected chi connectivity index (χ1v) is 8.22. The van der Waals surface area contributed by atoms with Crippen molar-refractivity contribution in [2.45, 2.75) is 78.7 Å². The number of rotatable bonds is 9. The summed E-state index contributed by atoms with van der Waals surface area (Å²) in [5.74, 6) is 2.71. The molecule has 1 heterocycles. The van der Waals surface area contributed by atoms with Crippen LogP contribution in [0.25, 0.3) is 0 Å². The SMILES string of the molecule is CCCCCCC(C)Oc1nc(C(C)C)nc(NC)c1C. The van der Waals surface area contributed by atoms with Crippen LogP contribution < -0.4 is 10.1 Å². The number of anilines is 1. The van der Waals surface area contributed by atoms with E-state index in [0.717, 1.165) is 29.5 Å². The Bertz CT molecular complexity index is 432. The van der Waals surface area contributed by atoms with Crippen molar-refractivity contribution in [2.75, 3.05) is 12.4 Å². The van der Waals surface area contributed by atoms with Gasteiger partial charge in [-0.1, -0.05) is 40.0 Å². The van der Waals surface area contributed by atoms with Crippen molar-refractivity contribution in [3.63, 3.8) is 0 Å². The average Bonchev–Trinajstić information content (AvgIpc) is 2.45. The van der Waals surface area contributed by atoms with E-state index in [4.69, 9.17) is 4.74 Å². The smallest absolute Gasteiger partial charge is 0.222 e. The average molecular weight is 293 g/mol. The number of nitrogens with zero attached hydrogens (tertiary/aromatic N) is 2. The third kappa shape index (κ3) is 5.52. The molecule has 1 rings (SSSR count). The van der Waals surface area contributed by atoms with Crippen molar-refractivity contribution in [3.05, 3.63) is 11.4 Å². The first kappa shape index (κ1) is 17.7. The minimum absolute atomic E-state index is 0.195. The monoisotopic (exact) mass is 293 g/mol. The van der Waals surface area contributed by atoms with E-state index in [1.165, 1.54) is 25.7 Å². The molecule has 1 N–H and O–H groups in total. The van der Waals surface area contributed by atoms with Crippen molar-refractivity contribution in [2.24, 2.45) is 0 Å². The molecule has 4 heteroatoms. The first-order chi connectivity index (χ1) is 9.99. The van der Waals surface area contributed by atoms with Crippen molar-refractivity contribution in [1.82, 2.24) is 9.97 Å². The molecule has 1 aromatic heterocycles. The topological polar surface area (TPSA) is 47.0 Å². The molecule has 0 saturated carbocycles. The van der Waals surface area contributed by atoms with Crippen LogP contribution >= 0.6 is 0 Å². The molecule has 0 saturated heterocycles. The number of hydrogen-bond acceptors (Lipinski definition) is 4. The predicted molar refractivity (Wildman–Crippen MR) is 89.3 cm³/mol. The van der Waals surface area contributed by atoms with E-state index in [2.05, 4.69) is 43.0 Å². The Morgan fingerprint density at radius 3 is 2.38 bits per heavy atom. The normalized spacial score (nSPS) is 12.5. The minimum Gasteiger partial charge on any atom is -0.474 e. The van der Waals surface area contributed by atoms with E-state index in [9.17, 15) is 0 Å². The standard InChI is InChI=1S/C17H31N3O/c1-7-8-9-10-11-13(4)21-17-14(5)16(18-6)19-15(20-17)12(2)3/h12-13H,7-11H2,1-6H3,(H,18,19,20). The van der Waals surface area contributed by atoms with Gasteiger partial charge in [-0.15, -0.1) is 0 Å². The maximum absolute atomic E-state index is 6.07. The third-order valence-electron chi connectivity index (χ3n) is 3.65. The van der Waals surface area contributed by atoms with Gasteiger partial charge in [0.15, 0.2) is 0 Å². The van der Waals surface area contributed by atoms with E-state index in [1.807, 2.05) is 14.0 Å². The lowest BCUT2D eigenvalue weighted by molar-refractivity contribution is 0.196. The Morgan fingerprint density at radius 1 is 1.10 bits per heavy atom. The van der Waals surface area contributed by atoms with Crippen LogP contribution in [0.15, 0.2) is 0 Å². The maximum atomic E-state index is 6.07. The van der Waals surface area contributed by atoms with Gasteiger partial charge in [0, 0.05) is 13.0 Å². The molecule has 0 spiro atoms. The molecule has 120 valence electrons. The lowest BCUT2D eigenvalue weighted by Crippen LogP contribution is -2.15. The molecular formula is C17H31N3O. The van der Waals surface area contributed by atoms with E-state index in [0.29, 0.717) is 5.92 Å².